The Labute approximate surface area is 192 Å². The van der Waals surface area contributed by atoms with Crippen LogP contribution in [0.5, 0.6) is 0 Å². The third-order valence-electron chi connectivity index (χ3n) is 5.56. The molecule has 172 valence electrons. The smallest absolute Gasteiger partial charge is 0.409 e. The monoisotopic (exact) mass is 467 g/mol. The minimum atomic E-state index is -3.73. The lowest BCUT2D eigenvalue weighted by atomic mass is 10.1. The van der Waals surface area contributed by atoms with Gasteiger partial charge in [-0.05, 0) is 42.6 Å². The summed E-state index contributed by atoms with van der Waals surface area (Å²) in [6.07, 6.45) is -0.434. The maximum Gasteiger partial charge on any atom is 0.409 e. The number of rotatable bonds is 5. The van der Waals surface area contributed by atoms with Crippen LogP contribution >= 0.6 is 0 Å². The number of hydrogen-bond donors (Lipinski definition) is 1. The SMILES string of the molecule is CCOC(=O)N1CCN(S(=O)(=O)c2ccc(C(=O)Nc3cccc4ccccc34)cc2)CC1. The summed E-state index contributed by atoms with van der Waals surface area (Å²) in [4.78, 5) is 26.2. The van der Waals surface area contributed by atoms with E-state index in [4.69, 9.17) is 4.74 Å². The number of carbonyl (C=O) groups is 2. The van der Waals surface area contributed by atoms with Crippen LogP contribution in [0.15, 0.2) is 71.6 Å². The van der Waals surface area contributed by atoms with Crippen molar-refractivity contribution < 1.29 is 22.7 Å². The van der Waals surface area contributed by atoms with E-state index in [-0.39, 0.29) is 43.6 Å². The van der Waals surface area contributed by atoms with Crippen LogP contribution in [0.3, 0.4) is 0 Å². The molecule has 0 aliphatic carbocycles. The second kappa shape index (κ2) is 9.60. The highest BCUT2D eigenvalue weighted by Gasteiger charge is 2.30. The molecular weight excluding hydrogens is 442 g/mol. The molecule has 33 heavy (non-hydrogen) atoms. The minimum Gasteiger partial charge on any atom is -0.450 e. The highest BCUT2D eigenvalue weighted by Crippen LogP contribution is 2.24. The van der Waals surface area contributed by atoms with Crippen molar-refractivity contribution in [2.45, 2.75) is 11.8 Å². The molecule has 1 saturated heterocycles. The van der Waals surface area contributed by atoms with E-state index in [1.807, 2.05) is 42.5 Å². The van der Waals surface area contributed by atoms with E-state index in [1.165, 1.54) is 33.5 Å². The van der Waals surface area contributed by atoms with Crippen LogP contribution in [-0.4, -0.2) is 62.4 Å². The third-order valence-corrected chi connectivity index (χ3v) is 7.47. The molecule has 3 aromatic carbocycles. The van der Waals surface area contributed by atoms with E-state index in [1.54, 1.807) is 6.92 Å². The predicted molar refractivity (Wildman–Crippen MR) is 126 cm³/mol. The maximum absolute atomic E-state index is 13.0. The molecule has 4 rings (SSSR count). The largest absolute Gasteiger partial charge is 0.450 e. The molecule has 1 heterocycles. The van der Waals surface area contributed by atoms with Crippen LogP contribution in [0.4, 0.5) is 10.5 Å². The van der Waals surface area contributed by atoms with Gasteiger partial charge in [0.15, 0.2) is 0 Å². The van der Waals surface area contributed by atoms with E-state index in [0.29, 0.717) is 11.3 Å². The van der Waals surface area contributed by atoms with Gasteiger partial charge < -0.3 is 15.0 Å². The van der Waals surface area contributed by atoms with Crippen LogP contribution in [0.25, 0.3) is 10.8 Å². The molecule has 0 bridgehead atoms. The van der Waals surface area contributed by atoms with Gasteiger partial charge in [-0.1, -0.05) is 36.4 Å². The van der Waals surface area contributed by atoms with E-state index >= 15 is 0 Å². The van der Waals surface area contributed by atoms with Crippen LogP contribution < -0.4 is 5.32 Å². The van der Waals surface area contributed by atoms with Gasteiger partial charge in [0.2, 0.25) is 10.0 Å². The quantitative estimate of drug-likeness (QED) is 0.619. The van der Waals surface area contributed by atoms with Crippen molar-refractivity contribution in [2.24, 2.45) is 0 Å². The molecule has 1 N–H and O–H groups in total. The Hall–Kier alpha value is -3.43. The Morgan fingerprint density at radius 3 is 2.27 bits per heavy atom. The topological polar surface area (TPSA) is 96.0 Å². The second-order valence-electron chi connectivity index (χ2n) is 7.60. The molecule has 8 nitrogen and oxygen atoms in total. The number of nitrogens with zero attached hydrogens (tertiary/aromatic N) is 2. The number of amides is 2. The lowest BCUT2D eigenvalue weighted by molar-refractivity contribution is 0.0933. The summed E-state index contributed by atoms with van der Waals surface area (Å²) in [7, 11) is -3.73. The second-order valence-corrected chi connectivity index (χ2v) is 9.53. The maximum atomic E-state index is 13.0. The van der Waals surface area contributed by atoms with Crippen molar-refractivity contribution in [1.29, 1.82) is 0 Å². The van der Waals surface area contributed by atoms with Crippen LogP contribution in [0.2, 0.25) is 0 Å². The molecule has 3 aromatic rings. The van der Waals surface area contributed by atoms with Crippen molar-refractivity contribution in [3.8, 4) is 0 Å². The van der Waals surface area contributed by atoms with Gasteiger partial charge in [0.05, 0.1) is 11.5 Å². The number of sulfonamides is 1. The van der Waals surface area contributed by atoms with Gasteiger partial charge in [-0.25, -0.2) is 13.2 Å². The van der Waals surface area contributed by atoms with Gasteiger partial charge in [-0.15, -0.1) is 0 Å². The first kappa shape index (κ1) is 22.8. The number of benzene rings is 3. The van der Waals surface area contributed by atoms with Gasteiger partial charge in [-0.3, -0.25) is 4.79 Å². The molecule has 1 fully saturated rings. The summed E-state index contributed by atoms with van der Waals surface area (Å²) in [5, 5.41) is 4.84. The summed E-state index contributed by atoms with van der Waals surface area (Å²) >= 11 is 0. The molecule has 1 aliphatic heterocycles. The van der Waals surface area contributed by atoms with E-state index in [9.17, 15) is 18.0 Å². The Balaban J connectivity index is 1.44. The molecule has 0 saturated carbocycles. The Morgan fingerprint density at radius 2 is 1.58 bits per heavy atom. The highest BCUT2D eigenvalue weighted by atomic mass is 32.2. The fourth-order valence-electron chi connectivity index (χ4n) is 3.78. The van der Waals surface area contributed by atoms with Gasteiger partial charge in [0.25, 0.3) is 5.91 Å². The average Bonchev–Trinajstić information content (AvgIpc) is 2.84. The number of anilines is 1. The van der Waals surface area contributed by atoms with E-state index in [2.05, 4.69) is 5.32 Å². The summed E-state index contributed by atoms with van der Waals surface area (Å²) in [5.41, 5.74) is 1.04. The summed E-state index contributed by atoms with van der Waals surface area (Å²) in [6.45, 7) is 2.91. The summed E-state index contributed by atoms with van der Waals surface area (Å²) in [5.74, 6) is -0.321. The molecular formula is C24H25N3O5S. The Morgan fingerprint density at radius 1 is 0.909 bits per heavy atom. The molecule has 0 atom stereocenters. The van der Waals surface area contributed by atoms with Crippen molar-refractivity contribution in [2.75, 3.05) is 38.1 Å². The van der Waals surface area contributed by atoms with Crippen molar-refractivity contribution in [1.82, 2.24) is 9.21 Å². The number of hydrogen-bond acceptors (Lipinski definition) is 5. The van der Waals surface area contributed by atoms with Gasteiger partial charge in [0, 0.05) is 42.8 Å². The van der Waals surface area contributed by atoms with Gasteiger partial charge in [0.1, 0.15) is 0 Å². The van der Waals surface area contributed by atoms with E-state index < -0.39 is 16.1 Å². The highest BCUT2D eigenvalue weighted by molar-refractivity contribution is 7.89. The van der Waals surface area contributed by atoms with Crippen LogP contribution in [-0.2, 0) is 14.8 Å². The fraction of sp³-hybridized carbons (Fsp3) is 0.250. The summed E-state index contributed by atoms with van der Waals surface area (Å²) < 4.78 is 32.3. The van der Waals surface area contributed by atoms with Gasteiger partial charge >= 0.3 is 6.09 Å². The molecule has 1 aliphatic rings. The number of fused-ring (bicyclic) bond motifs is 1. The number of ether oxygens (including phenoxy) is 1. The van der Waals surface area contributed by atoms with Crippen LogP contribution in [0, 0.1) is 0 Å². The minimum absolute atomic E-state index is 0.105. The molecule has 0 aromatic heterocycles. The van der Waals surface area contributed by atoms with Crippen LogP contribution in [0.1, 0.15) is 17.3 Å². The third kappa shape index (κ3) is 4.84. The normalized spacial score (nSPS) is 14.8. The lowest BCUT2D eigenvalue weighted by Gasteiger charge is -2.33. The van der Waals surface area contributed by atoms with Crippen molar-refractivity contribution in [3.05, 3.63) is 72.3 Å². The predicted octanol–water partition coefficient (Wildman–Crippen LogP) is 3.55. The molecule has 2 amide bonds. The van der Waals surface area contributed by atoms with Crippen molar-refractivity contribution in [3.63, 3.8) is 0 Å². The van der Waals surface area contributed by atoms with Gasteiger partial charge in [-0.2, -0.15) is 4.31 Å². The summed E-state index contributed by atoms with van der Waals surface area (Å²) in [6, 6.07) is 19.3. The van der Waals surface area contributed by atoms with E-state index in [0.717, 1.165) is 10.8 Å². The van der Waals surface area contributed by atoms with Crippen molar-refractivity contribution >= 4 is 38.5 Å². The first-order valence-electron chi connectivity index (χ1n) is 10.7. The fourth-order valence-corrected chi connectivity index (χ4v) is 5.20. The Bertz CT molecular complexity index is 1260. The Kier molecular flexibility index (Phi) is 6.62. The number of carbonyl (C=O) groups excluding carboxylic acids is 2. The average molecular weight is 468 g/mol. The number of nitrogens with one attached hydrogen (secondary N) is 1. The zero-order valence-corrected chi connectivity index (χ0v) is 19.0. The zero-order chi connectivity index (χ0) is 23.4. The zero-order valence-electron chi connectivity index (χ0n) is 18.2. The lowest BCUT2D eigenvalue weighted by Crippen LogP contribution is -2.50. The first-order valence-corrected chi connectivity index (χ1v) is 12.1. The molecule has 0 unspecified atom stereocenters. The number of piperazine rings is 1. The first-order chi connectivity index (χ1) is 15.9. The molecule has 9 heteroatoms. The molecule has 0 radical (unpaired) electrons. The standard InChI is InChI=1S/C24H25N3O5S/c1-2-32-24(29)26-14-16-27(17-15-26)33(30,31)20-12-10-19(11-13-20)23(28)25-22-9-5-7-18-6-3-4-8-21(18)22/h3-13H,2,14-17H2,1H3,(H,25,28). The molecule has 0 spiro atoms.